The highest BCUT2D eigenvalue weighted by Crippen LogP contribution is 2.53. The van der Waals surface area contributed by atoms with Crippen molar-refractivity contribution < 1.29 is 8.83 Å². The van der Waals surface area contributed by atoms with E-state index in [1.54, 1.807) is 0 Å². The number of hydrogen-bond donors (Lipinski definition) is 0. The molecule has 0 radical (unpaired) electrons. The predicted octanol–water partition coefficient (Wildman–Crippen LogP) is 29.7. The average molecular weight is 1340 g/mol. The van der Waals surface area contributed by atoms with Gasteiger partial charge in [-0.25, -0.2) is 0 Å². The molecule has 22 rings (SSSR count). The van der Waals surface area contributed by atoms with Gasteiger partial charge < -0.3 is 8.83 Å². The van der Waals surface area contributed by atoms with Gasteiger partial charge in [0.05, 0.1) is 0 Å². The van der Waals surface area contributed by atoms with Gasteiger partial charge in [-0.1, -0.05) is 328 Å². The molecule has 0 amide bonds. The molecule has 0 aliphatic carbocycles. The molecule has 0 spiro atoms. The number of rotatable bonds is 9. The molecule has 0 aliphatic heterocycles. The van der Waals surface area contributed by atoms with Crippen LogP contribution in [0.25, 0.3) is 230 Å². The van der Waals surface area contributed by atoms with Crippen LogP contribution in [0.1, 0.15) is 0 Å². The Kier molecular flexibility index (Phi) is 13.4. The van der Waals surface area contributed by atoms with E-state index in [1.165, 1.54) is 142 Å². The maximum atomic E-state index is 7.02. The van der Waals surface area contributed by atoms with Gasteiger partial charge in [-0.15, -0.1) is 0 Å². The van der Waals surface area contributed by atoms with Crippen LogP contribution in [0.15, 0.2) is 385 Å². The molecule has 20 aromatic carbocycles. The molecule has 0 N–H and O–H groups in total. The van der Waals surface area contributed by atoms with Crippen LogP contribution in [0, 0.1) is 0 Å². The highest BCUT2D eigenvalue weighted by Gasteiger charge is 2.26. The Morgan fingerprint density at radius 1 is 0.132 bits per heavy atom. The van der Waals surface area contributed by atoms with E-state index in [-0.39, 0.29) is 0 Å². The second-order valence-corrected chi connectivity index (χ2v) is 28.3. The topological polar surface area (TPSA) is 26.3 Å². The molecule has 2 heterocycles. The fourth-order valence-corrected chi connectivity index (χ4v) is 17.9. The van der Waals surface area contributed by atoms with Gasteiger partial charge in [-0.3, -0.25) is 0 Å². The van der Waals surface area contributed by atoms with Crippen molar-refractivity contribution in [3.63, 3.8) is 0 Å². The van der Waals surface area contributed by atoms with Crippen molar-refractivity contribution in [2.24, 2.45) is 0 Å². The van der Waals surface area contributed by atoms with Gasteiger partial charge in [0.1, 0.15) is 22.3 Å². The molecule has 0 fully saturated rings. The van der Waals surface area contributed by atoms with E-state index >= 15 is 0 Å². The zero-order valence-electron chi connectivity index (χ0n) is 57.6. The maximum absolute atomic E-state index is 7.02. The van der Waals surface area contributed by atoms with Crippen LogP contribution in [-0.4, -0.2) is 0 Å². The summed E-state index contributed by atoms with van der Waals surface area (Å²) in [5, 5.41) is 23.8. The molecule has 0 atom stereocenters. The first-order valence-corrected chi connectivity index (χ1v) is 36.6. The van der Waals surface area contributed by atoms with Crippen molar-refractivity contribution in [1.29, 1.82) is 0 Å². The number of hydrogen-bond acceptors (Lipinski definition) is 2. The number of fused-ring (bicyclic) bond motifs is 15. The van der Waals surface area contributed by atoms with Crippen LogP contribution in [0.3, 0.4) is 0 Å². The fourth-order valence-electron chi connectivity index (χ4n) is 17.9. The maximum Gasteiger partial charge on any atom is 0.143 e. The summed E-state index contributed by atoms with van der Waals surface area (Å²) in [4.78, 5) is 0. The summed E-state index contributed by atoms with van der Waals surface area (Å²) >= 11 is 0. The lowest BCUT2D eigenvalue weighted by Gasteiger charge is -2.22. The molecule has 2 heteroatoms. The van der Waals surface area contributed by atoms with Gasteiger partial charge in [-0.2, -0.15) is 0 Å². The molecular formula is C104H62O2. The van der Waals surface area contributed by atoms with E-state index in [1.807, 2.05) is 0 Å². The van der Waals surface area contributed by atoms with E-state index in [0.717, 1.165) is 88.4 Å². The Morgan fingerprint density at radius 2 is 0.585 bits per heavy atom. The minimum absolute atomic E-state index is 0.858. The molecule has 106 heavy (non-hydrogen) atoms. The van der Waals surface area contributed by atoms with Gasteiger partial charge in [-0.05, 0) is 229 Å². The standard InChI is InChI=1S/C104H62O2/c1-2-25-67-57-70(52-49-63(67)23-1)91-58-68(53-55-89(91)102-85-39-15-17-41-87(85)103(88-42-18-16-40-86(88)102)96-61-95-79-33-19-20-46-97(79)105-99(95)62-93(96)76-44-21-27-65-24-3-5-28-72(65)76)64-47-50-66(51-48-64)74-43-22-45-90-94-60-71(54-56-98(94)106-104(74)90)100-81-35-11-13-37-83(81)101(84-38-14-12-36-82(84)100)80-34-10-9-32-78(80)92-59-69-26-4-6-29-73(69)75-30-7-8-31-77(75)92/h1-62H. The molecule has 0 saturated carbocycles. The van der Waals surface area contributed by atoms with Crippen molar-refractivity contribution in [2.45, 2.75) is 0 Å². The first-order chi connectivity index (χ1) is 52.6. The zero-order chi connectivity index (χ0) is 69.5. The summed E-state index contributed by atoms with van der Waals surface area (Å²) < 4.78 is 13.7. The molecule has 0 unspecified atom stereocenters. The highest BCUT2D eigenvalue weighted by molar-refractivity contribution is 6.27. The summed E-state index contributed by atoms with van der Waals surface area (Å²) in [5.74, 6) is 0. The molecule has 0 aliphatic rings. The SMILES string of the molecule is c1ccc(-c2cc3ccccc3c3ccccc23)c(-c2c3ccccc3c(-c3ccc4oc5c(-c6ccc(-c7ccc(-c8c9ccccc9c(-c9cc%10c(cc9-c9cccc%11ccccc9%11)oc9ccccc9%10)c9ccccc89)c(-c8ccc9ccccc9c8)c7)cc6)cccc5c4c3)c3ccccc23)c1. The van der Waals surface area contributed by atoms with Gasteiger partial charge in [0, 0.05) is 27.1 Å². The average Bonchev–Trinajstić information content (AvgIpc) is 1.65. The second-order valence-electron chi connectivity index (χ2n) is 28.3. The number of benzene rings is 20. The monoisotopic (exact) mass is 1340 g/mol. The molecule has 2 aromatic heterocycles. The molecule has 490 valence electrons. The lowest BCUT2D eigenvalue weighted by molar-refractivity contribution is 0.669. The van der Waals surface area contributed by atoms with E-state index in [9.17, 15) is 0 Å². The third-order valence-electron chi connectivity index (χ3n) is 22.6. The minimum Gasteiger partial charge on any atom is -0.456 e. The van der Waals surface area contributed by atoms with Crippen molar-refractivity contribution in [3.05, 3.63) is 376 Å². The number of furan rings is 2. The predicted molar refractivity (Wildman–Crippen MR) is 450 cm³/mol. The molecule has 22 aromatic rings. The van der Waals surface area contributed by atoms with Crippen LogP contribution in [0.5, 0.6) is 0 Å². The van der Waals surface area contributed by atoms with Gasteiger partial charge in [0.25, 0.3) is 0 Å². The minimum atomic E-state index is 0.858. The third kappa shape index (κ3) is 9.31. The summed E-state index contributed by atoms with van der Waals surface area (Å²) in [6, 6.07) is 139. The molecule has 0 saturated heterocycles. The first-order valence-electron chi connectivity index (χ1n) is 36.6. The Balaban J connectivity index is 0.665. The van der Waals surface area contributed by atoms with E-state index in [0.29, 0.717) is 0 Å². The van der Waals surface area contributed by atoms with Crippen LogP contribution in [0.2, 0.25) is 0 Å². The van der Waals surface area contributed by atoms with Gasteiger partial charge >= 0.3 is 0 Å². The normalized spacial score (nSPS) is 12.0. The van der Waals surface area contributed by atoms with E-state index < -0.39 is 0 Å². The summed E-state index contributed by atoms with van der Waals surface area (Å²) in [6.45, 7) is 0. The molecular weight excluding hydrogens is 1280 g/mol. The zero-order valence-corrected chi connectivity index (χ0v) is 57.6. The van der Waals surface area contributed by atoms with Crippen molar-refractivity contribution >= 4 is 130 Å². The molecule has 0 bridgehead atoms. The quantitative estimate of drug-likeness (QED) is 0.106. The Bertz CT molecular complexity index is 7330. The fraction of sp³-hybridized carbons (Fsp3) is 0. The van der Waals surface area contributed by atoms with Crippen LogP contribution in [-0.2, 0) is 0 Å². The van der Waals surface area contributed by atoms with E-state index in [4.69, 9.17) is 8.83 Å². The highest BCUT2D eigenvalue weighted by atomic mass is 16.3. The van der Waals surface area contributed by atoms with Crippen LogP contribution < -0.4 is 0 Å². The van der Waals surface area contributed by atoms with Gasteiger partial charge in [0.2, 0.25) is 0 Å². The Hall–Kier alpha value is -13.9. The van der Waals surface area contributed by atoms with Crippen molar-refractivity contribution in [3.8, 4) is 100 Å². The van der Waals surface area contributed by atoms with Gasteiger partial charge in [0.15, 0.2) is 0 Å². The lowest BCUT2D eigenvalue weighted by Crippen LogP contribution is -1.95. The van der Waals surface area contributed by atoms with E-state index in [2.05, 4.69) is 376 Å². The Labute approximate surface area is 611 Å². The van der Waals surface area contributed by atoms with Crippen molar-refractivity contribution in [1.82, 2.24) is 0 Å². The summed E-state index contributed by atoms with van der Waals surface area (Å²) in [6.07, 6.45) is 0. The third-order valence-corrected chi connectivity index (χ3v) is 22.6. The largest absolute Gasteiger partial charge is 0.456 e. The second kappa shape index (κ2) is 23.8. The lowest BCUT2D eigenvalue weighted by atomic mass is 9.81. The first kappa shape index (κ1) is 59.7. The smallest absolute Gasteiger partial charge is 0.143 e. The molecule has 2 nitrogen and oxygen atoms in total. The Morgan fingerprint density at radius 3 is 1.28 bits per heavy atom. The van der Waals surface area contributed by atoms with Crippen molar-refractivity contribution in [2.75, 3.05) is 0 Å². The summed E-state index contributed by atoms with van der Waals surface area (Å²) in [7, 11) is 0. The van der Waals surface area contributed by atoms with Crippen LogP contribution >= 0.6 is 0 Å². The summed E-state index contributed by atoms with van der Waals surface area (Å²) in [5.41, 5.74) is 24.5. The van der Waals surface area contributed by atoms with Crippen LogP contribution in [0.4, 0.5) is 0 Å². The number of para-hydroxylation sites is 2.